The van der Waals surface area contributed by atoms with Gasteiger partial charge in [0.25, 0.3) is 0 Å². The number of benzene rings is 1. The number of nitrogens with zero attached hydrogens (tertiary/aromatic N) is 2. The number of nitrogens with one attached hydrogen (secondary N) is 1. The second kappa shape index (κ2) is 10.5. The van der Waals surface area contributed by atoms with Gasteiger partial charge in [0.2, 0.25) is 17.0 Å². The maximum Gasteiger partial charge on any atom is 0.339 e. The maximum atomic E-state index is 13.5. The van der Waals surface area contributed by atoms with E-state index in [0.717, 1.165) is 30.6 Å². The summed E-state index contributed by atoms with van der Waals surface area (Å²) in [7, 11) is 0. The molecular formula is C23H20Cl2N4O5S2. The van der Waals surface area contributed by atoms with Crippen molar-refractivity contribution in [3.63, 3.8) is 0 Å². The van der Waals surface area contributed by atoms with Crippen LogP contribution < -0.4 is 10.5 Å². The first-order chi connectivity index (χ1) is 17.3. The van der Waals surface area contributed by atoms with E-state index in [1.807, 2.05) is 0 Å². The monoisotopic (exact) mass is 566 g/mol. The number of nitrogens with two attached hydrogens (primary N) is 1. The fraction of sp³-hybridized carbons (Fsp3) is 0.304. The van der Waals surface area contributed by atoms with Gasteiger partial charge in [-0.25, -0.2) is 24.1 Å². The number of carbonyl (C=O) groups is 2. The van der Waals surface area contributed by atoms with Crippen LogP contribution in [0.25, 0.3) is 0 Å². The number of ether oxygens (including phenoxy) is 1. The Labute approximate surface area is 223 Å². The molecule has 3 heterocycles. The molecule has 1 aromatic carbocycles. The van der Waals surface area contributed by atoms with Crippen LogP contribution in [0.4, 0.5) is 5.82 Å². The highest BCUT2D eigenvalue weighted by atomic mass is 35.5. The number of aromatic nitrogens is 2. The topological polar surface area (TPSA) is 134 Å². The summed E-state index contributed by atoms with van der Waals surface area (Å²) in [5.74, 6) is -0.148. The van der Waals surface area contributed by atoms with Crippen LogP contribution in [0.5, 0.6) is 0 Å². The molecule has 5 rings (SSSR count). The summed E-state index contributed by atoms with van der Waals surface area (Å²) in [5, 5.41) is 8.97. The Kier molecular flexibility index (Phi) is 7.38. The van der Waals surface area contributed by atoms with Crippen LogP contribution in [0.3, 0.4) is 0 Å². The molecule has 0 radical (unpaired) electrons. The lowest BCUT2D eigenvalue weighted by Crippen LogP contribution is -2.20. The third-order valence-corrected chi connectivity index (χ3v) is 8.21. The van der Waals surface area contributed by atoms with Crippen molar-refractivity contribution in [2.45, 2.75) is 31.4 Å². The first-order valence-electron chi connectivity index (χ1n) is 11.0. The number of fused-ring (bicyclic) bond motifs is 1. The molecule has 4 atom stereocenters. The second-order valence-electron chi connectivity index (χ2n) is 8.54. The number of carbonyl (C=O) groups excluding carboxylic acids is 2. The van der Waals surface area contributed by atoms with Gasteiger partial charge in [-0.15, -0.1) is 11.3 Å². The molecule has 1 aliphatic heterocycles. The highest BCUT2D eigenvalue weighted by Gasteiger charge is 2.35. The SMILES string of the molecule is NS(=O)OCC1CCC(Nc2ncncc2C(=O)c2cc(C3OC(=O)c4ccc(Cl)cc43)c(Cl)s2)C1. The van der Waals surface area contributed by atoms with E-state index >= 15 is 0 Å². The molecule has 9 nitrogen and oxygen atoms in total. The lowest BCUT2D eigenvalue weighted by molar-refractivity contribution is 0.0456. The average Bonchev–Trinajstić information content (AvgIpc) is 3.55. The Bertz CT molecular complexity index is 1370. The van der Waals surface area contributed by atoms with Crippen LogP contribution in [-0.4, -0.2) is 38.6 Å². The van der Waals surface area contributed by atoms with Crippen molar-refractivity contribution in [2.75, 3.05) is 11.9 Å². The van der Waals surface area contributed by atoms with E-state index in [9.17, 15) is 13.8 Å². The van der Waals surface area contributed by atoms with Gasteiger partial charge in [0.15, 0.2) is 6.10 Å². The number of halogens is 2. The van der Waals surface area contributed by atoms with Crippen LogP contribution in [0.1, 0.15) is 62.1 Å². The molecule has 0 saturated heterocycles. The van der Waals surface area contributed by atoms with E-state index in [4.69, 9.17) is 37.3 Å². The van der Waals surface area contributed by atoms with Crippen molar-refractivity contribution in [1.29, 1.82) is 0 Å². The number of hydrogen-bond acceptors (Lipinski definition) is 9. The van der Waals surface area contributed by atoms with Gasteiger partial charge in [0.05, 0.1) is 22.6 Å². The van der Waals surface area contributed by atoms with E-state index in [1.165, 1.54) is 12.5 Å². The Balaban J connectivity index is 1.35. The number of hydrogen-bond donors (Lipinski definition) is 2. The number of rotatable bonds is 8. The van der Waals surface area contributed by atoms with Gasteiger partial charge >= 0.3 is 5.97 Å². The minimum absolute atomic E-state index is 0.0629. The lowest BCUT2D eigenvalue weighted by atomic mass is 10.0. The van der Waals surface area contributed by atoms with Gasteiger partial charge in [0.1, 0.15) is 16.5 Å². The molecule has 3 aromatic rings. The zero-order valence-electron chi connectivity index (χ0n) is 18.6. The molecule has 2 aliphatic rings. The summed E-state index contributed by atoms with van der Waals surface area (Å²) in [5.41, 5.74) is 1.84. The van der Waals surface area contributed by atoms with Crippen LogP contribution in [0, 0.1) is 5.92 Å². The number of cyclic esters (lactones) is 1. The van der Waals surface area contributed by atoms with Crippen molar-refractivity contribution in [2.24, 2.45) is 11.1 Å². The van der Waals surface area contributed by atoms with Crippen LogP contribution in [0.2, 0.25) is 9.36 Å². The average molecular weight is 567 g/mol. The number of esters is 1. The summed E-state index contributed by atoms with van der Waals surface area (Å²) in [4.78, 5) is 34.5. The summed E-state index contributed by atoms with van der Waals surface area (Å²) >= 11 is 11.9. The van der Waals surface area contributed by atoms with Gasteiger partial charge in [-0.1, -0.05) is 23.2 Å². The number of ketones is 1. The maximum absolute atomic E-state index is 13.5. The van der Waals surface area contributed by atoms with Gasteiger partial charge < -0.3 is 10.1 Å². The lowest BCUT2D eigenvalue weighted by Gasteiger charge is -2.15. The Morgan fingerprint density at radius 2 is 2.11 bits per heavy atom. The highest BCUT2D eigenvalue weighted by molar-refractivity contribution is 7.77. The zero-order valence-corrected chi connectivity index (χ0v) is 21.8. The van der Waals surface area contributed by atoms with Crippen molar-refractivity contribution in [3.8, 4) is 0 Å². The molecule has 1 aliphatic carbocycles. The van der Waals surface area contributed by atoms with Gasteiger partial charge in [-0.2, -0.15) is 0 Å². The molecule has 1 saturated carbocycles. The second-order valence-corrected chi connectivity index (χ2v) is 11.4. The van der Waals surface area contributed by atoms with Gasteiger partial charge in [-0.05, 0) is 49.4 Å². The number of anilines is 1. The van der Waals surface area contributed by atoms with E-state index in [1.54, 1.807) is 24.3 Å². The molecular weight excluding hydrogens is 547 g/mol. The molecule has 1 fully saturated rings. The largest absolute Gasteiger partial charge is 0.449 e. The van der Waals surface area contributed by atoms with Gasteiger partial charge in [0, 0.05) is 28.4 Å². The van der Waals surface area contributed by atoms with Crippen LogP contribution in [-0.2, 0) is 20.2 Å². The van der Waals surface area contributed by atoms with E-state index < -0.39 is 23.3 Å². The molecule has 36 heavy (non-hydrogen) atoms. The normalized spacial score (nSPS) is 21.8. The third kappa shape index (κ3) is 5.17. The predicted octanol–water partition coefficient (Wildman–Crippen LogP) is 4.47. The van der Waals surface area contributed by atoms with Crippen molar-refractivity contribution in [3.05, 3.63) is 73.3 Å². The smallest absolute Gasteiger partial charge is 0.339 e. The Morgan fingerprint density at radius 1 is 1.28 bits per heavy atom. The molecule has 0 amide bonds. The fourth-order valence-electron chi connectivity index (χ4n) is 4.53. The van der Waals surface area contributed by atoms with Crippen molar-refractivity contribution < 1.29 is 22.7 Å². The molecule has 13 heteroatoms. The Morgan fingerprint density at radius 3 is 2.92 bits per heavy atom. The first-order valence-corrected chi connectivity index (χ1v) is 13.7. The highest BCUT2D eigenvalue weighted by Crippen LogP contribution is 2.43. The first kappa shape index (κ1) is 25.2. The minimum Gasteiger partial charge on any atom is -0.449 e. The molecule has 188 valence electrons. The van der Waals surface area contributed by atoms with Crippen LogP contribution in [0.15, 0.2) is 36.8 Å². The zero-order chi connectivity index (χ0) is 25.4. The molecule has 3 N–H and O–H groups in total. The van der Waals surface area contributed by atoms with Gasteiger partial charge in [-0.3, -0.25) is 8.98 Å². The van der Waals surface area contributed by atoms with Crippen molar-refractivity contribution >= 4 is 63.4 Å². The molecule has 4 unspecified atom stereocenters. The quantitative estimate of drug-likeness (QED) is 0.301. The summed E-state index contributed by atoms with van der Waals surface area (Å²) in [6, 6.07) is 6.60. The number of thiophene rings is 1. The minimum atomic E-state index is -1.79. The van der Waals surface area contributed by atoms with Crippen molar-refractivity contribution in [1.82, 2.24) is 9.97 Å². The van der Waals surface area contributed by atoms with E-state index in [-0.39, 0.29) is 17.7 Å². The predicted molar refractivity (Wildman–Crippen MR) is 137 cm³/mol. The third-order valence-electron chi connectivity index (χ3n) is 6.22. The van der Waals surface area contributed by atoms with E-state index in [0.29, 0.717) is 48.9 Å². The summed E-state index contributed by atoms with van der Waals surface area (Å²) in [6.45, 7) is 0.313. The summed E-state index contributed by atoms with van der Waals surface area (Å²) in [6.07, 6.45) is 4.56. The molecule has 0 bridgehead atoms. The molecule has 0 spiro atoms. The Hall–Kier alpha value is -2.41. The van der Waals surface area contributed by atoms with Crippen LogP contribution >= 0.6 is 34.5 Å². The summed E-state index contributed by atoms with van der Waals surface area (Å²) < 4.78 is 21.9. The standard InChI is InChI=1S/C23H20Cl2N4O5S2/c24-12-2-4-14-15(6-12)20(34-23(14)31)16-7-18(35-21(16)25)19(30)17-8-27-10-28-22(17)29-13-3-1-11(5-13)9-33-36(26)32/h2,4,6-8,10-11,13,20H,1,3,5,9,26H2,(H,27,28,29). The molecule has 2 aromatic heterocycles. The van der Waals surface area contributed by atoms with E-state index in [2.05, 4.69) is 15.3 Å². The fourth-order valence-corrected chi connectivity index (χ4v) is 6.31.